The van der Waals surface area contributed by atoms with E-state index in [1.54, 1.807) is 12.1 Å². The summed E-state index contributed by atoms with van der Waals surface area (Å²) in [6, 6.07) is 40.1. The second-order valence-electron chi connectivity index (χ2n) is 13.0. The van der Waals surface area contributed by atoms with Gasteiger partial charge in [0.1, 0.15) is 0 Å². The van der Waals surface area contributed by atoms with Crippen LogP contribution in [0.4, 0.5) is 0 Å². The molecule has 7 aromatic rings. The molecule has 0 amide bonds. The maximum absolute atomic E-state index is 9.70. The van der Waals surface area contributed by atoms with Gasteiger partial charge < -0.3 is 20.1 Å². The van der Waals surface area contributed by atoms with Gasteiger partial charge in [0.25, 0.3) is 0 Å². The van der Waals surface area contributed by atoms with Gasteiger partial charge in [-0.15, -0.1) is 0 Å². The van der Waals surface area contributed by atoms with Crippen LogP contribution in [0, 0.1) is 0 Å². The highest BCUT2D eigenvalue weighted by atomic mass is 16.4. The third-order valence-corrected chi connectivity index (χ3v) is 9.43. The summed E-state index contributed by atoms with van der Waals surface area (Å²) >= 11 is 0. The zero-order valence-electron chi connectivity index (χ0n) is 28.7. The summed E-state index contributed by atoms with van der Waals surface area (Å²) in [7, 11) is -2.99. The van der Waals surface area contributed by atoms with E-state index in [1.165, 1.54) is 11.1 Å². The van der Waals surface area contributed by atoms with Gasteiger partial charge in [0.2, 0.25) is 0 Å². The minimum absolute atomic E-state index is 0.518. The van der Waals surface area contributed by atoms with E-state index in [-0.39, 0.29) is 0 Å². The molecule has 0 fully saturated rings. The molecule has 10 heteroatoms. The molecular formula is C42H40B2N4O4+4. The van der Waals surface area contributed by atoms with Crippen LogP contribution in [0.15, 0.2) is 171 Å². The molecule has 4 aromatic heterocycles. The summed E-state index contributed by atoms with van der Waals surface area (Å²) in [6.07, 6.45) is 16.5. The third-order valence-electron chi connectivity index (χ3n) is 9.43. The molecule has 8 nitrogen and oxygen atoms in total. The highest BCUT2D eigenvalue weighted by molar-refractivity contribution is 6.59. The molecule has 0 atom stereocenters. The van der Waals surface area contributed by atoms with E-state index < -0.39 is 14.2 Å². The van der Waals surface area contributed by atoms with Crippen molar-refractivity contribution in [3.63, 3.8) is 0 Å². The first-order chi connectivity index (χ1) is 25.4. The van der Waals surface area contributed by atoms with Crippen molar-refractivity contribution in [3.8, 4) is 22.3 Å². The molecule has 4 heterocycles. The van der Waals surface area contributed by atoms with E-state index in [0.717, 1.165) is 46.5 Å². The average molecular weight is 686 g/mol. The zero-order valence-corrected chi connectivity index (χ0v) is 28.7. The molecule has 0 aliphatic rings. The van der Waals surface area contributed by atoms with Crippen LogP contribution in [-0.4, -0.2) is 34.3 Å². The second-order valence-corrected chi connectivity index (χ2v) is 13.0. The highest BCUT2D eigenvalue weighted by Gasteiger charge is 2.19. The first-order valence-corrected chi connectivity index (χ1v) is 17.3. The third kappa shape index (κ3) is 8.39. The van der Waals surface area contributed by atoms with Crippen molar-refractivity contribution in [2.45, 2.75) is 26.2 Å². The summed E-state index contributed by atoms with van der Waals surface area (Å²) in [4.78, 5) is 0. The molecule has 0 radical (unpaired) electrons. The van der Waals surface area contributed by atoms with Crippen LogP contribution >= 0.6 is 0 Å². The molecule has 3 aromatic carbocycles. The van der Waals surface area contributed by atoms with Crippen LogP contribution < -0.4 is 29.2 Å². The van der Waals surface area contributed by atoms with Gasteiger partial charge in [-0.05, 0) is 33.2 Å². The van der Waals surface area contributed by atoms with E-state index in [4.69, 9.17) is 0 Å². The second kappa shape index (κ2) is 16.1. The molecular weight excluding hydrogens is 646 g/mol. The Hall–Kier alpha value is -5.77. The number of aromatic nitrogens is 4. The van der Waals surface area contributed by atoms with E-state index in [0.29, 0.717) is 24.0 Å². The lowest BCUT2D eigenvalue weighted by Gasteiger charge is -2.07. The highest BCUT2D eigenvalue weighted by Crippen LogP contribution is 2.18. The largest absolute Gasteiger partial charge is 0.488 e. The number of hydrogen-bond donors (Lipinski definition) is 4. The van der Waals surface area contributed by atoms with Crippen molar-refractivity contribution in [2.24, 2.45) is 0 Å². The Kier molecular flexibility index (Phi) is 10.7. The SMILES string of the molecule is OB(O)c1ccccc1C[n+]1ccc(-c2cc[n+](Cc3ccccc3C[n+]3ccc(-c4cc[n+](Cc5ccccc5B(O)O)cc4)cc3)cc2)cc1. The molecule has 0 bridgehead atoms. The van der Waals surface area contributed by atoms with Crippen LogP contribution in [0.5, 0.6) is 0 Å². The Balaban J connectivity index is 0.976. The lowest BCUT2D eigenvalue weighted by Crippen LogP contribution is -2.40. The number of rotatable bonds is 12. The van der Waals surface area contributed by atoms with Gasteiger partial charge in [-0.25, -0.2) is 18.3 Å². The van der Waals surface area contributed by atoms with Gasteiger partial charge >= 0.3 is 14.2 Å². The van der Waals surface area contributed by atoms with Crippen LogP contribution in [-0.2, 0) is 26.2 Å². The molecule has 4 N–H and O–H groups in total. The predicted molar refractivity (Wildman–Crippen MR) is 200 cm³/mol. The standard InChI is InChI=1S/C42H40B2N4O4/c49-43(50)41-11-5-3-9-39(41)31-47-25-17-35(18-26-47)33-13-21-45(22-14-33)29-37-7-1-2-8-38(37)30-46-23-15-34(16-24-46)36-19-27-48(28-20-36)32-40-10-4-6-12-42(40)44(51)52/h1-28,49-52H,29-32H2/q+4. The molecule has 254 valence electrons. The fourth-order valence-corrected chi connectivity index (χ4v) is 6.53. The maximum atomic E-state index is 9.70. The van der Waals surface area contributed by atoms with E-state index >= 15 is 0 Å². The van der Waals surface area contributed by atoms with Crippen LogP contribution in [0.2, 0.25) is 0 Å². The maximum Gasteiger partial charge on any atom is 0.488 e. The lowest BCUT2D eigenvalue weighted by molar-refractivity contribution is -0.693. The molecule has 0 saturated carbocycles. The molecule has 0 aliphatic heterocycles. The molecule has 0 spiro atoms. The molecule has 0 aliphatic carbocycles. The molecule has 0 saturated heterocycles. The monoisotopic (exact) mass is 686 g/mol. The van der Waals surface area contributed by atoms with Crippen molar-refractivity contribution in [1.29, 1.82) is 0 Å². The Bertz CT molecular complexity index is 2090. The van der Waals surface area contributed by atoms with Crippen LogP contribution in [0.3, 0.4) is 0 Å². The first-order valence-electron chi connectivity index (χ1n) is 17.3. The average Bonchev–Trinajstić information content (AvgIpc) is 3.17. The summed E-state index contributed by atoms with van der Waals surface area (Å²) in [5.41, 5.74) is 9.76. The Morgan fingerprint density at radius 1 is 0.308 bits per heavy atom. The summed E-state index contributed by atoms with van der Waals surface area (Å²) in [6.45, 7) is 2.61. The number of benzene rings is 3. The minimum atomic E-state index is -1.49. The Morgan fingerprint density at radius 3 is 0.808 bits per heavy atom. The zero-order chi connectivity index (χ0) is 35.9. The Morgan fingerprint density at radius 2 is 0.538 bits per heavy atom. The van der Waals surface area contributed by atoms with Gasteiger partial charge in [-0.2, -0.15) is 0 Å². The van der Waals surface area contributed by atoms with E-state index in [2.05, 4.69) is 107 Å². The summed E-state index contributed by atoms with van der Waals surface area (Å²) in [5, 5.41) is 38.8. The number of pyridine rings is 4. The normalized spacial score (nSPS) is 11.0. The lowest BCUT2D eigenvalue weighted by atomic mass is 9.77. The smallest absolute Gasteiger partial charge is 0.423 e. The molecule has 7 rings (SSSR count). The van der Waals surface area contributed by atoms with Gasteiger partial charge in [-0.1, -0.05) is 72.8 Å². The molecule has 52 heavy (non-hydrogen) atoms. The van der Waals surface area contributed by atoms with Crippen molar-refractivity contribution in [3.05, 3.63) is 193 Å². The number of hydrogen-bond acceptors (Lipinski definition) is 4. The van der Waals surface area contributed by atoms with Crippen molar-refractivity contribution < 1.29 is 38.4 Å². The minimum Gasteiger partial charge on any atom is -0.423 e. The van der Waals surface area contributed by atoms with E-state index in [1.807, 2.05) is 70.3 Å². The summed E-state index contributed by atoms with van der Waals surface area (Å²) < 4.78 is 8.45. The Labute approximate surface area is 304 Å². The molecule has 0 unspecified atom stereocenters. The van der Waals surface area contributed by atoms with Gasteiger partial charge in [0.05, 0.1) is 0 Å². The van der Waals surface area contributed by atoms with Gasteiger partial charge in [-0.3, -0.25) is 0 Å². The predicted octanol–water partition coefficient (Wildman–Crippen LogP) is 1.72. The topological polar surface area (TPSA) is 96.4 Å². The fourth-order valence-electron chi connectivity index (χ4n) is 6.53. The van der Waals surface area contributed by atoms with E-state index in [9.17, 15) is 20.1 Å². The van der Waals surface area contributed by atoms with Crippen LogP contribution in [0.1, 0.15) is 22.3 Å². The first kappa shape index (κ1) is 34.7. The van der Waals surface area contributed by atoms with Crippen molar-refractivity contribution in [1.82, 2.24) is 0 Å². The van der Waals surface area contributed by atoms with Gasteiger partial charge in [0, 0.05) is 70.8 Å². The number of nitrogens with zero attached hydrogens (tertiary/aromatic N) is 4. The fraction of sp³-hybridized carbons (Fsp3) is 0.0952. The van der Waals surface area contributed by atoms with Crippen molar-refractivity contribution >= 4 is 25.2 Å². The van der Waals surface area contributed by atoms with Crippen LogP contribution in [0.25, 0.3) is 22.3 Å². The quantitative estimate of drug-likeness (QED) is 0.116. The summed E-state index contributed by atoms with van der Waals surface area (Å²) in [5.74, 6) is 0. The van der Waals surface area contributed by atoms with Gasteiger partial charge in [0.15, 0.2) is 75.8 Å². The van der Waals surface area contributed by atoms with Crippen molar-refractivity contribution in [2.75, 3.05) is 0 Å².